The lowest BCUT2D eigenvalue weighted by Gasteiger charge is -2.10. The number of ether oxygens (including phenoxy) is 1. The highest BCUT2D eigenvalue weighted by molar-refractivity contribution is 9.10. The van der Waals surface area contributed by atoms with Crippen LogP contribution >= 0.6 is 15.9 Å². The zero-order valence-electron chi connectivity index (χ0n) is 13.6. The Balaban J connectivity index is 1.74. The Morgan fingerprint density at radius 1 is 1.04 bits per heavy atom. The van der Waals surface area contributed by atoms with E-state index in [9.17, 15) is 4.79 Å². The first-order chi connectivity index (χ1) is 11.0. The molecule has 0 fully saturated rings. The normalized spacial score (nSPS) is 10.3. The van der Waals surface area contributed by atoms with Crippen molar-refractivity contribution < 1.29 is 9.53 Å². The molecule has 0 atom stereocenters. The Labute approximate surface area is 145 Å². The van der Waals surface area contributed by atoms with Crippen molar-refractivity contribution in [3.8, 4) is 5.75 Å². The molecule has 0 aliphatic heterocycles. The highest BCUT2D eigenvalue weighted by Gasteiger charge is 2.03. The van der Waals surface area contributed by atoms with Crippen molar-refractivity contribution in [2.75, 3.05) is 18.5 Å². The molecule has 0 radical (unpaired) electrons. The van der Waals surface area contributed by atoms with Gasteiger partial charge in [0.1, 0.15) is 12.4 Å². The van der Waals surface area contributed by atoms with E-state index < -0.39 is 0 Å². The maximum absolute atomic E-state index is 11.8. The Morgan fingerprint density at radius 2 is 1.78 bits per heavy atom. The van der Waals surface area contributed by atoms with Crippen molar-refractivity contribution in [3.05, 3.63) is 57.6 Å². The summed E-state index contributed by atoms with van der Waals surface area (Å²) in [5.41, 5.74) is 4.30. The molecule has 0 spiro atoms. The van der Waals surface area contributed by atoms with Crippen molar-refractivity contribution >= 4 is 27.6 Å². The molecule has 0 aliphatic carbocycles. The van der Waals surface area contributed by atoms with Crippen LogP contribution in [0, 0.1) is 20.8 Å². The van der Waals surface area contributed by atoms with Crippen molar-refractivity contribution in [1.29, 1.82) is 0 Å². The number of amides is 2. The molecule has 122 valence electrons. The summed E-state index contributed by atoms with van der Waals surface area (Å²) in [6.07, 6.45) is 0. The van der Waals surface area contributed by atoms with Gasteiger partial charge in [0.25, 0.3) is 0 Å². The molecule has 2 N–H and O–H groups in total. The van der Waals surface area contributed by atoms with E-state index in [-0.39, 0.29) is 6.03 Å². The number of urea groups is 1. The zero-order chi connectivity index (χ0) is 16.8. The fraction of sp³-hybridized carbons (Fsp3) is 0.278. The van der Waals surface area contributed by atoms with Crippen molar-refractivity contribution in [2.24, 2.45) is 0 Å². The van der Waals surface area contributed by atoms with E-state index in [2.05, 4.69) is 33.5 Å². The summed E-state index contributed by atoms with van der Waals surface area (Å²) >= 11 is 3.44. The molecule has 0 bridgehead atoms. The third kappa shape index (κ3) is 5.28. The minimum absolute atomic E-state index is 0.246. The molecule has 0 aliphatic rings. The van der Waals surface area contributed by atoms with Gasteiger partial charge in [0, 0.05) is 10.2 Å². The van der Waals surface area contributed by atoms with Gasteiger partial charge in [-0.15, -0.1) is 0 Å². The second kappa shape index (κ2) is 8.02. The molecule has 2 rings (SSSR count). The minimum Gasteiger partial charge on any atom is -0.492 e. The summed E-state index contributed by atoms with van der Waals surface area (Å²) in [5, 5.41) is 5.56. The monoisotopic (exact) mass is 376 g/mol. The van der Waals surface area contributed by atoms with Crippen molar-refractivity contribution in [2.45, 2.75) is 20.8 Å². The number of benzene rings is 2. The molecule has 2 amide bonds. The number of hydrogen-bond acceptors (Lipinski definition) is 2. The maximum Gasteiger partial charge on any atom is 0.319 e. The van der Waals surface area contributed by atoms with Crippen LogP contribution in [0.25, 0.3) is 0 Å². The molecule has 0 saturated carbocycles. The minimum atomic E-state index is -0.246. The Hall–Kier alpha value is -2.01. The fourth-order valence-corrected chi connectivity index (χ4v) is 2.36. The van der Waals surface area contributed by atoms with E-state index in [1.807, 2.05) is 50.2 Å². The van der Waals surface area contributed by atoms with Gasteiger partial charge in [-0.2, -0.15) is 0 Å². The third-order valence-electron chi connectivity index (χ3n) is 3.56. The Bertz CT molecular complexity index is 701. The highest BCUT2D eigenvalue weighted by atomic mass is 79.9. The summed E-state index contributed by atoms with van der Waals surface area (Å²) in [6, 6.07) is 11.4. The lowest BCUT2D eigenvalue weighted by atomic mass is 10.1. The number of carbonyl (C=O) groups is 1. The topological polar surface area (TPSA) is 50.4 Å². The summed E-state index contributed by atoms with van der Waals surface area (Å²) in [5.74, 6) is 0.817. The fourth-order valence-electron chi connectivity index (χ4n) is 1.98. The van der Waals surface area contributed by atoms with Gasteiger partial charge < -0.3 is 15.4 Å². The number of rotatable bonds is 5. The summed E-state index contributed by atoms with van der Waals surface area (Å²) in [7, 11) is 0. The number of aryl methyl sites for hydroxylation is 3. The van der Waals surface area contributed by atoms with E-state index in [1.165, 1.54) is 11.1 Å². The molecular weight excluding hydrogens is 356 g/mol. The van der Waals surface area contributed by atoms with Crippen LogP contribution in [0.15, 0.2) is 40.9 Å². The van der Waals surface area contributed by atoms with E-state index in [1.54, 1.807) is 0 Å². The second-order valence-corrected chi connectivity index (χ2v) is 6.29. The largest absolute Gasteiger partial charge is 0.492 e. The summed E-state index contributed by atoms with van der Waals surface area (Å²) < 4.78 is 6.59. The first kappa shape index (κ1) is 17.3. The average Bonchev–Trinajstić information content (AvgIpc) is 2.51. The third-order valence-corrected chi connectivity index (χ3v) is 4.42. The van der Waals surface area contributed by atoms with Crippen molar-refractivity contribution in [1.82, 2.24) is 5.32 Å². The van der Waals surface area contributed by atoms with Gasteiger partial charge in [0.15, 0.2) is 0 Å². The predicted octanol–water partition coefficient (Wildman–Crippen LogP) is 4.57. The molecule has 5 heteroatoms. The SMILES string of the molecule is Cc1ccc(OCCNC(=O)Nc2ccc(C)c(Br)c2)cc1C. The predicted molar refractivity (Wildman–Crippen MR) is 97.3 cm³/mol. The molecule has 0 saturated heterocycles. The lowest BCUT2D eigenvalue weighted by molar-refractivity contribution is 0.247. The van der Waals surface area contributed by atoms with Gasteiger partial charge >= 0.3 is 6.03 Å². The van der Waals surface area contributed by atoms with E-state index in [4.69, 9.17) is 4.74 Å². The van der Waals surface area contributed by atoms with Crippen LogP contribution in [0.3, 0.4) is 0 Å². The van der Waals surface area contributed by atoms with Crippen LogP contribution < -0.4 is 15.4 Å². The maximum atomic E-state index is 11.8. The van der Waals surface area contributed by atoms with Crippen LogP contribution in [0.5, 0.6) is 5.75 Å². The van der Waals surface area contributed by atoms with Gasteiger partial charge in [-0.05, 0) is 61.7 Å². The molecular formula is C18H21BrN2O2. The molecule has 4 nitrogen and oxygen atoms in total. The second-order valence-electron chi connectivity index (χ2n) is 5.44. The molecule has 2 aromatic carbocycles. The van der Waals surface area contributed by atoms with Gasteiger partial charge in [-0.3, -0.25) is 0 Å². The van der Waals surface area contributed by atoms with Gasteiger partial charge in [-0.1, -0.05) is 28.1 Å². The van der Waals surface area contributed by atoms with Crippen LogP contribution in [-0.2, 0) is 0 Å². The Morgan fingerprint density at radius 3 is 2.48 bits per heavy atom. The first-order valence-corrected chi connectivity index (χ1v) is 8.26. The van der Waals surface area contributed by atoms with Crippen LogP contribution in [-0.4, -0.2) is 19.2 Å². The first-order valence-electron chi connectivity index (χ1n) is 7.47. The lowest BCUT2D eigenvalue weighted by Crippen LogP contribution is -2.32. The zero-order valence-corrected chi connectivity index (χ0v) is 15.2. The van der Waals surface area contributed by atoms with Gasteiger partial charge in [0.05, 0.1) is 6.54 Å². The standard InChI is InChI=1S/C18H21BrN2O2/c1-12-5-7-16(10-14(12)3)23-9-8-20-18(22)21-15-6-4-13(2)17(19)11-15/h4-7,10-11H,8-9H2,1-3H3,(H2,20,21,22). The van der Waals surface area contributed by atoms with Crippen molar-refractivity contribution in [3.63, 3.8) is 0 Å². The van der Waals surface area contributed by atoms with Gasteiger partial charge in [-0.25, -0.2) is 4.79 Å². The average molecular weight is 377 g/mol. The number of hydrogen-bond donors (Lipinski definition) is 2. The quantitative estimate of drug-likeness (QED) is 0.750. The highest BCUT2D eigenvalue weighted by Crippen LogP contribution is 2.20. The Kier molecular flexibility index (Phi) is 6.04. The van der Waals surface area contributed by atoms with E-state index in [0.29, 0.717) is 13.2 Å². The number of halogens is 1. The molecule has 0 unspecified atom stereocenters. The molecule has 0 heterocycles. The van der Waals surface area contributed by atoms with Crippen LogP contribution in [0.2, 0.25) is 0 Å². The van der Waals surface area contributed by atoms with E-state index in [0.717, 1.165) is 21.5 Å². The molecule has 0 aromatic heterocycles. The van der Waals surface area contributed by atoms with Crippen LogP contribution in [0.4, 0.5) is 10.5 Å². The summed E-state index contributed by atoms with van der Waals surface area (Å²) in [6.45, 7) is 6.97. The van der Waals surface area contributed by atoms with Crippen LogP contribution in [0.1, 0.15) is 16.7 Å². The molecule has 2 aromatic rings. The number of carbonyl (C=O) groups excluding carboxylic acids is 1. The number of nitrogens with one attached hydrogen (secondary N) is 2. The smallest absolute Gasteiger partial charge is 0.319 e. The van der Waals surface area contributed by atoms with Gasteiger partial charge in [0.2, 0.25) is 0 Å². The molecule has 23 heavy (non-hydrogen) atoms. The number of anilines is 1. The summed E-state index contributed by atoms with van der Waals surface area (Å²) in [4.78, 5) is 11.8. The van der Waals surface area contributed by atoms with E-state index >= 15 is 0 Å².